The third-order valence-corrected chi connectivity index (χ3v) is 6.41. The molecule has 2 aromatic carbocycles. The lowest BCUT2D eigenvalue weighted by atomic mass is 10.0. The second kappa shape index (κ2) is 9.49. The molecule has 180 valence electrons. The minimum Gasteiger partial charge on any atom is -0.495 e. The molecule has 0 spiro atoms. The highest BCUT2D eigenvalue weighted by molar-refractivity contribution is 6.33. The van der Waals surface area contributed by atoms with Gasteiger partial charge < -0.3 is 20.4 Å². The lowest BCUT2D eigenvalue weighted by Gasteiger charge is -2.26. The first-order valence-electron chi connectivity index (χ1n) is 11.1. The van der Waals surface area contributed by atoms with Crippen LogP contribution < -0.4 is 15.8 Å². The molecule has 0 fully saturated rings. The van der Waals surface area contributed by atoms with E-state index in [2.05, 4.69) is 57.6 Å². The van der Waals surface area contributed by atoms with Gasteiger partial charge in [0.1, 0.15) is 5.75 Å². The van der Waals surface area contributed by atoms with Gasteiger partial charge in [-0.3, -0.25) is 4.90 Å². The van der Waals surface area contributed by atoms with Gasteiger partial charge in [0.05, 0.1) is 40.8 Å². The molecular weight excluding hydrogens is 460 g/mol. The molecule has 4 rings (SSSR count). The maximum absolute atomic E-state index is 6.52. The van der Waals surface area contributed by atoms with E-state index >= 15 is 0 Å². The van der Waals surface area contributed by atoms with E-state index in [9.17, 15) is 0 Å². The van der Waals surface area contributed by atoms with E-state index in [0.29, 0.717) is 39.4 Å². The number of aromatic nitrogens is 3. The van der Waals surface area contributed by atoms with Crippen LogP contribution in [0.5, 0.6) is 5.75 Å². The molecule has 35 heavy (non-hydrogen) atoms. The molecule has 0 atom stereocenters. The number of hydrogen-bond donors (Lipinski definition) is 2. The SMILES string of the molecule is COc1cc(C#CC(C)(C)N(C)C)c(N)cc1Nc1ncc(Cl)c(-c2cn(C)c3ccccc23)n1. The van der Waals surface area contributed by atoms with Crippen molar-refractivity contribution in [3.8, 4) is 28.8 Å². The summed E-state index contributed by atoms with van der Waals surface area (Å²) in [7, 11) is 7.58. The minimum absolute atomic E-state index is 0.300. The fourth-order valence-corrected chi connectivity index (χ4v) is 3.76. The zero-order valence-electron chi connectivity index (χ0n) is 20.8. The Morgan fingerprint density at radius 3 is 2.66 bits per heavy atom. The molecule has 3 N–H and O–H groups in total. The number of methoxy groups -OCH3 is 1. The monoisotopic (exact) mass is 488 g/mol. The molecule has 0 aliphatic rings. The Labute approximate surface area is 210 Å². The lowest BCUT2D eigenvalue weighted by Crippen LogP contribution is -2.36. The normalized spacial score (nSPS) is 11.4. The number of benzene rings is 2. The van der Waals surface area contributed by atoms with E-state index in [4.69, 9.17) is 27.1 Å². The first-order valence-corrected chi connectivity index (χ1v) is 11.5. The number of anilines is 3. The highest BCUT2D eigenvalue weighted by Gasteiger charge is 2.18. The summed E-state index contributed by atoms with van der Waals surface area (Å²) in [4.78, 5) is 11.1. The fraction of sp³-hybridized carbons (Fsp3) is 0.259. The molecule has 7 nitrogen and oxygen atoms in total. The third kappa shape index (κ3) is 4.90. The summed E-state index contributed by atoms with van der Waals surface area (Å²) in [6.45, 7) is 4.10. The van der Waals surface area contributed by atoms with E-state index in [1.54, 1.807) is 19.4 Å². The van der Waals surface area contributed by atoms with Crippen molar-refractivity contribution in [2.24, 2.45) is 7.05 Å². The van der Waals surface area contributed by atoms with Gasteiger partial charge in [0.15, 0.2) is 0 Å². The van der Waals surface area contributed by atoms with Gasteiger partial charge in [-0.05, 0) is 40.1 Å². The summed E-state index contributed by atoms with van der Waals surface area (Å²) < 4.78 is 7.66. The summed E-state index contributed by atoms with van der Waals surface area (Å²) in [5.41, 5.74) is 10.6. The maximum Gasteiger partial charge on any atom is 0.227 e. The summed E-state index contributed by atoms with van der Waals surface area (Å²) in [5, 5.41) is 4.75. The van der Waals surface area contributed by atoms with Crippen LogP contribution in [-0.4, -0.2) is 46.2 Å². The van der Waals surface area contributed by atoms with Crippen molar-refractivity contribution in [1.82, 2.24) is 19.4 Å². The van der Waals surface area contributed by atoms with Gasteiger partial charge in [-0.25, -0.2) is 9.97 Å². The maximum atomic E-state index is 6.52. The van der Waals surface area contributed by atoms with Crippen LogP contribution in [0.25, 0.3) is 22.2 Å². The van der Waals surface area contributed by atoms with Gasteiger partial charge in [-0.15, -0.1) is 0 Å². The quantitative estimate of drug-likeness (QED) is 0.292. The predicted octanol–water partition coefficient (Wildman–Crippen LogP) is 5.31. The van der Waals surface area contributed by atoms with Crippen molar-refractivity contribution in [2.45, 2.75) is 19.4 Å². The number of rotatable bonds is 5. The summed E-state index contributed by atoms with van der Waals surface area (Å²) in [6.07, 6.45) is 3.61. The first kappa shape index (κ1) is 24.4. The predicted molar refractivity (Wildman–Crippen MR) is 144 cm³/mol. The number of ether oxygens (including phenoxy) is 1. The van der Waals surface area contributed by atoms with E-state index < -0.39 is 0 Å². The zero-order chi connectivity index (χ0) is 25.3. The molecule has 0 bridgehead atoms. The third-order valence-electron chi connectivity index (χ3n) is 6.14. The average Bonchev–Trinajstić information content (AvgIpc) is 3.16. The molecule has 0 aliphatic heterocycles. The number of para-hydroxylation sites is 1. The molecule has 0 aliphatic carbocycles. The number of aryl methyl sites for hydroxylation is 1. The van der Waals surface area contributed by atoms with Gasteiger partial charge in [0.25, 0.3) is 0 Å². The van der Waals surface area contributed by atoms with Crippen molar-refractivity contribution in [3.05, 3.63) is 59.4 Å². The van der Waals surface area contributed by atoms with Gasteiger partial charge in [-0.1, -0.05) is 41.6 Å². The molecule has 0 saturated carbocycles. The van der Waals surface area contributed by atoms with Crippen LogP contribution >= 0.6 is 11.6 Å². The highest BCUT2D eigenvalue weighted by Crippen LogP contribution is 2.35. The van der Waals surface area contributed by atoms with Crippen molar-refractivity contribution in [1.29, 1.82) is 0 Å². The van der Waals surface area contributed by atoms with E-state index in [-0.39, 0.29) is 5.54 Å². The van der Waals surface area contributed by atoms with Crippen molar-refractivity contribution < 1.29 is 4.74 Å². The molecule has 4 aromatic rings. The number of nitrogen functional groups attached to an aromatic ring is 1. The number of nitrogens with one attached hydrogen (secondary N) is 1. The molecular formula is C27H29ClN6O. The van der Waals surface area contributed by atoms with E-state index in [1.807, 2.05) is 45.5 Å². The van der Waals surface area contributed by atoms with E-state index in [0.717, 1.165) is 16.5 Å². The first-order chi connectivity index (χ1) is 16.6. The molecule has 0 unspecified atom stereocenters. The highest BCUT2D eigenvalue weighted by atomic mass is 35.5. The van der Waals surface area contributed by atoms with Gasteiger partial charge in [0.2, 0.25) is 5.95 Å². The largest absolute Gasteiger partial charge is 0.495 e. The molecule has 8 heteroatoms. The number of fused-ring (bicyclic) bond motifs is 1. The summed E-state index contributed by atoms with van der Waals surface area (Å²) in [6, 6.07) is 11.7. The Morgan fingerprint density at radius 2 is 1.94 bits per heavy atom. The Bertz CT molecular complexity index is 1460. The molecule has 0 saturated heterocycles. The smallest absolute Gasteiger partial charge is 0.227 e. The Morgan fingerprint density at radius 1 is 1.20 bits per heavy atom. The topological polar surface area (TPSA) is 81.2 Å². The summed E-state index contributed by atoms with van der Waals surface area (Å²) in [5.74, 6) is 7.40. The molecule has 2 aromatic heterocycles. The number of nitrogens with zero attached hydrogens (tertiary/aromatic N) is 4. The van der Waals surface area contributed by atoms with Gasteiger partial charge in [-0.2, -0.15) is 0 Å². The number of halogens is 1. The second-order valence-corrected chi connectivity index (χ2v) is 9.44. The lowest BCUT2D eigenvalue weighted by molar-refractivity contribution is 0.263. The van der Waals surface area contributed by atoms with Crippen LogP contribution in [0.1, 0.15) is 19.4 Å². The molecule has 0 radical (unpaired) electrons. The van der Waals surface area contributed by atoms with E-state index in [1.165, 1.54) is 0 Å². The van der Waals surface area contributed by atoms with Crippen molar-refractivity contribution in [3.63, 3.8) is 0 Å². The van der Waals surface area contributed by atoms with Gasteiger partial charge in [0, 0.05) is 41.5 Å². The van der Waals surface area contributed by atoms with Crippen molar-refractivity contribution >= 4 is 39.8 Å². The van der Waals surface area contributed by atoms with Crippen LogP contribution in [0.4, 0.5) is 17.3 Å². The standard InChI is InChI=1S/C27H29ClN6O/c1-27(2,33(3)4)12-11-17-13-24(35-6)22(14-21(17)29)31-26-30-15-20(28)25(32-26)19-16-34(5)23-10-8-7-9-18(19)23/h7-10,13-16H,29H2,1-6H3,(H,30,31,32). The van der Waals surface area contributed by atoms with Gasteiger partial charge >= 0.3 is 0 Å². The Hall–Kier alpha value is -3.73. The Kier molecular flexibility index (Phi) is 6.62. The number of nitrogens with two attached hydrogens (primary N) is 1. The van der Waals surface area contributed by atoms with Crippen LogP contribution in [0.15, 0.2) is 48.8 Å². The summed E-state index contributed by atoms with van der Waals surface area (Å²) >= 11 is 6.52. The second-order valence-electron chi connectivity index (χ2n) is 9.03. The van der Waals surface area contributed by atoms with Crippen LogP contribution in [0.3, 0.4) is 0 Å². The Balaban J connectivity index is 1.71. The van der Waals surface area contributed by atoms with Crippen LogP contribution in [0.2, 0.25) is 5.02 Å². The molecule has 0 amide bonds. The van der Waals surface area contributed by atoms with Crippen molar-refractivity contribution in [2.75, 3.05) is 32.3 Å². The minimum atomic E-state index is -0.300. The number of hydrogen-bond acceptors (Lipinski definition) is 6. The zero-order valence-corrected chi connectivity index (χ0v) is 21.5. The fourth-order valence-electron chi connectivity index (χ4n) is 3.57. The average molecular weight is 489 g/mol. The van der Waals surface area contributed by atoms with Crippen LogP contribution in [0, 0.1) is 11.8 Å². The van der Waals surface area contributed by atoms with Crippen LogP contribution in [-0.2, 0) is 7.05 Å². The molecule has 2 heterocycles.